The summed E-state index contributed by atoms with van der Waals surface area (Å²) >= 11 is 7.27. The zero-order chi connectivity index (χ0) is 16.8. The van der Waals surface area contributed by atoms with E-state index in [1.165, 1.54) is 18.7 Å². The lowest BCUT2D eigenvalue weighted by Crippen LogP contribution is -2.16. The number of hydrogen-bond donors (Lipinski definition) is 2. The molecule has 23 heavy (non-hydrogen) atoms. The van der Waals surface area contributed by atoms with Gasteiger partial charge in [0, 0.05) is 28.2 Å². The lowest BCUT2D eigenvalue weighted by Gasteiger charge is -2.12. The van der Waals surface area contributed by atoms with Gasteiger partial charge in [-0.25, -0.2) is 0 Å². The third-order valence-corrected chi connectivity index (χ3v) is 4.37. The Morgan fingerprint density at radius 1 is 1.04 bits per heavy atom. The molecule has 0 aromatic heterocycles. The first-order valence-electron chi connectivity index (χ1n) is 7.01. The molecule has 0 aliphatic rings. The van der Waals surface area contributed by atoms with E-state index in [0.29, 0.717) is 22.2 Å². The smallest absolute Gasteiger partial charge is 0.234 e. The normalized spacial score (nSPS) is 10.2. The highest BCUT2D eigenvalue weighted by Gasteiger charge is 2.09. The molecule has 0 saturated heterocycles. The molecule has 0 aliphatic heterocycles. The summed E-state index contributed by atoms with van der Waals surface area (Å²) in [5, 5.41) is 6.28. The number of rotatable bonds is 5. The summed E-state index contributed by atoms with van der Waals surface area (Å²) in [6.45, 7) is 3.31. The lowest BCUT2D eigenvalue weighted by atomic mass is 10.1. The van der Waals surface area contributed by atoms with Crippen LogP contribution in [0.1, 0.15) is 12.5 Å². The van der Waals surface area contributed by atoms with E-state index >= 15 is 0 Å². The lowest BCUT2D eigenvalue weighted by molar-refractivity contribution is -0.114. The Hall–Kier alpha value is -1.98. The molecule has 0 aliphatic carbocycles. The van der Waals surface area contributed by atoms with Gasteiger partial charge < -0.3 is 10.6 Å². The number of amides is 2. The molecule has 0 radical (unpaired) electrons. The zero-order valence-corrected chi connectivity index (χ0v) is 14.4. The highest BCUT2D eigenvalue weighted by atomic mass is 35.5. The number of carbonyl (C=O) groups excluding carboxylic acids is 2. The van der Waals surface area contributed by atoms with Gasteiger partial charge in [0.1, 0.15) is 0 Å². The summed E-state index contributed by atoms with van der Waals surface area (Å²) < 4.78 is 0. The van der Waals surface area contributed by atoms with Crippen molar-refractivity contribution in [2.75, 3.05) is 16.4 Å². The first kappa shape index (κ1) is 17.4. The van der Waals surface area contributed by atoms with Crippen molar-refractivity contribution in [2.45, 2.75) is 18.7 Å². The Morgan fingerprint density at radius 3 is 2.26 bits per heavy atom. The van der Waals surface area contributed by atoms with Gasteiger partial charge in [0.2, 0.25) is 11.8 Å². The van der Waals surface area contributed by atoms with Crippen LogP contribution in [0.15, 0.2) is 47.4 Å². The van der Waals surface area contributed by atoms with Gasteiger partial charge in [0.15, 0.2) is 0 Å². The third-order valence-electron chi connectivity index (χ3n) is 3.10. The molecule has 0 unspecified atom stereocenters. The Morgan fingerprint density at radius 2 is 1.65 bits per heavy atom. The van der Waals surface area contributed by atoms with Crippen molar-refractivity contribution in [3.63, 3.8) is 0 Å². The molecule has 2 rings (SSSR count). The summed E-state index contributed by atoms with van der Waals surface area (Å²) in [5.74, 6) is 0.0497. The molecule has 0 saturated carbocycles. The fourth-order valence-electron chi connectivity index (χ4n) is 1.96. The molecule has 6 heteroatoms. The topological polar surface area (TPSA) is 58.2 Å². The number of halogens is 1. The summed E-state index contributed by atoms with van der Waals surface area (Å²) in [6.07, 6.45) is 0. The molecule has 0 spiro atoms. The van der Waals surface area contributed by atoms with E-state index in [2.05, 4.69) is 10.6 Å². The van der Waals surface area contributed by atoms with Crippen molar-refractivity contribution in [1.29, 1.82) is 0 Å². The van der Waals surface area contributed by atoms with E-state index in [0.717, 1.165) is 10.5 Å². The van der Waals surface area contributed by atoms with E-state index in [1.807, 2.05) is 25.1 Å². The first-order valence-corrected chi connectivity index (χ1v) is 8.37. The predicted molar refractivity (Wildman–Crippen MR) is 96.3 cm³/mol. The first-order chi connectivity index (χ1) is 11.0. The third kappa shape index (κ3) is 5.30. The second-order valence-corrected chi connectivity index (χ2v) is 6.44. The van der Waals surface area contributed by atoms with Gasteiger partial charge in [0.05, 0.1) is 5.75 Å². The highest BCUT2D eigenvalue weighted by molar-refractivity contribution is 8.00. The Kier molecular flexibility index (Phi) is 6.07. The number of carbonyl (C=O) groups is 2. The van der Waals surface area contributed by atoms with Crippen LogP contribution in [0.5, 0.6) is 0 Å². The van der Waals surface area contributed by atoms with Gasteiger partial charge >= 0.3 is 0 Å². The van der Waals surface area contributed by atoms with Crippen LogP contribution in [-0.4, -0.2) is 17.6 Å². The monoisotopic (exact) mass is 348 g/mol. The minimum Gasteiger partial charge on any atom is -0.326 e. The van der Waals surface area contributed by atoms with Crippen LogP contribution in [0.3, 0.4) is 0 Å². The maximum Gasteiger partial charge on any atom is 0.234 e. The van der Waals surface area contributed by atoms with Crippen LogP contribution in [0, 0.1) is 6.92 Å². The highest BCUT2D eigenvalue weighted by Crippen LogP contribution is 2.24. The fourth-order valence-corrected chi connectivity index (χ4v) is 2.79. The van der Waals surface area contributed by atoms with E-state index in [-0.39, 0.29) is 11.8 Å². The minimum absolute atomic E-state index is 0.104. The summed E-state index contributed by atoms with van der Waals surface area (Å²) in [7, 11) is 0. The molecule has 0 atom stereocenters. The Bertz CT molecular complexity index is 717. The molecule has 0 bridgehead atoms. The summed E-state index contributed by atoms with van der Waals surface area (Å²) in [6, 6.07) is 12.7. The minimum atomic E-state index is -0.144. The largest absolute Gasteiger partial charge is 0.326 e. The van der Waals surface area contributed by atoms with Gasteiger partial charge in [-0.1, -0.05) is 17.7 Å². The summed E-state index contributed by atoms with van der Waals surface area (Å²) in [5.41, 5.74) is 2.21. The Labute approximate surface area is 144 Å². The second kappa shape index (κ2) is 8.04. The van der Waals surface area contributed by atoms with Crippen LogP contribution in [0.2, 0.25) is 5.02 Å². The average molecular weight is 349 g/mol. The van der Waals surface area contributed by atoms with Gasteiger partial charge in [-0.15, -0.1) is 11.8 Å². The molecular formula is C17H17ClN2O2S. The van der Waals surface area contributed by atoms with Crippen LogP contribution < -0.4 is 10.6 Å². The fraction of sp³-hybridized carbons (Fsp3) is 0.176. The van der Waals surface area contributed by atoms with Crippen LogP contribution >= 0.6 is 23.4 Å². The molecule has 0 heterocycles. The van der Waals surface area contributed by atoms with Gasteiger partial charge in [0.25, 0.3) is 0 Å². The van der Waals surface area contributed by atoms with Gasteiger partial charge in [-0.2, -0.15) is 0 Å². The molecule has 2 aromatic carbocycles. The number of nitrogens with one attached hydrogen (secondary N) is 2. The van der Waals surface area contributed by atoms with Crippen LogP contribution in [0.25, 0.3) is 0 Å². The number of hydrogen-bond acceptors (Lipinski definition) is 3. The van der Waals surface area contributed by atoms with Crippen molar-refractivity contribution in [1.82, 2.24) is 0 Å². The standard InChI is InChI=1S/C17H17ClN2O2S/c1-11-15(19-12(2)21)4-3-5-16(11)20-17(22)10-23-14-8-6-13(18)7-9-14/h3-9H,10H2,1-2H3,(H,19,21)(H,20,22). The van der Waals surface area contributed by atoms with E-state index < -0.39 is 0 Å². The van der Waals surface area contributed by atoms with E-state index in [9.17, 15) is 9.59 Å². The molecule has 2 amide bonds. The van der Waals surface area contributed by atoms with E-state index in [1.54, 1.807) is 24.3 Å². The molecule has 2 N–H and O–H groups in total. The van der Waals surface area contributed by atoms with Gasteiger partial charge in [-0.3, -0.25) is 9.59 Å². The Balaban J connectivity index is 1.97. The summed E-state index contributed by atoms with van der Waals surface area (Å²) in [4.78, 5) is 24.2. The molecule has 2 aromatic rings. The van der Waals surface area contributed by atoms with E-state index in [4.69, 9.17) is 11.6 Å². The van der Waals surface area contributed by atoms with Crippen LogP contribution in [-0.2, 0) is 9.59 Å². The number of benzene rings is 2. The van der Waals surface area contributed by atoms with Gasteiger partial charge in [-0.05, 0) is 48.9 Å². The predicted octanol–water partition coefficient (Wildman–Crippen LogP) is 4.34. The maximum atomic E-state index is 12.1. The maximum absolute atomic E-state index is 12.1. The van der Waals surface area contributed by atoms with Crippen molar-refractivity contribution < 1.29 is 9.59 Å². The van der Waals surface area contributed by atoms with Crippen LogP contribution in [0.4, 0.5) is 11.4 Å². The van der Waals surface area contributed by atoms with Crippen molar-refractivity contribution >= 4 is 46.6 Å². The van der Waals surface area contributed by atoms with Crippen molar-refractivity contribution in [3.8, 4) is 0 Å². The second-order valence-electron chi connectivity index (χ2n) is 4.95. The molecule has 0 fully saturated rings. The van der Waals surface area contributed by atoms with Crippen molar-refractivity contribution in [2.24, 2.45) is 0 Å². The quantitative estimate of drug-likeness (QED) is 0.790. The number of thioether (sulfide) groups is 1. The molecule has 120 valence electrons. The zero-order valence-electron chi connectivity index (χ0n) is 12.9. The number of anilines is 2. The average Bonchev–Trinajstić information content (AvgIpc) is 2.50. The molecule has 4 nitrogen and oxygen atoms in total. The SMILES string of the molecule is CC(=O)Nc1cccc(NC(=O)CSc2ccc(Cl)cc2)c1C. The molecular weight excluding hydrogens is 332 g/mol. The van der Waals surface area contributed by atoms with Crippen molar-refractivity contribution in [3.05, 3.63) is 53.1 Å².